The Balaban J connectivity index is 2.16. The van der Waals surface area contributed by atoms with E-state index in [9.17, 15) is 14.2 Å². The van der Waals surface area contributed by atoms with Crippen LogP contribution < -0.4 is 10.6 Å². The van der Waals surface area contributed by atoms with Crippen LogP contribution in [0.15, 0.2) is 84.9 Å². The minimum atomic E-state index is -3.37. The second kappa shape index (κ2) is 10.1. The van der Waals surface area contributed by atoms with Crippen LogP contribution in [0.4, 0.5) is 0 Å². The molecule has 3 aromatic rings. The molecule has 1 atom stereocenters. The van der Waals surface area contributed by atoms with Gasteiger partial charge in [-0.2, -0.15) is 0 Å². The minimum Gasteiger partial charge on any atom is -0.457 e. The van der Waals surface area contributed by atoms with E-state index in [2.05, 4.69) is 0 Å². The summed E-state index contributed by atoms with van der Waals surface area (Å²) < 4.78 is 19.9. The van der Waals surface area contributed by atoms with Crippen LogP contribution >= 0.6 is 18.7 Å². The van der Waals surface area contributed by atoms with Gasteiger partial charge in [-0.3, -0.25) is 4.79 Å². The fraction of sp³-hybridized carbons (Fsp3) is 0.200. The van der Waals surface area contributed by atoms with Crippen molar-refractivity contribution in [1.29, 1.82) is 0 Å². The van der Waals surface area contributed by atoms with Gasteiger partial charge in [0.05, 0.1) is 11.8 Å². The normalized spacial score (nSPS) is 12.4. The minimum absolute atomic E-state index is 0.242. The zero-order valence-corrected chi connectivity index (χ0v) is 19.1. The number of carbonyl (C=O) groups is 2. The molecule has 0 aliphatic rings. The summed E-state index contributed by atoms with van der Waals surface area (Å²) in [7, 11) is -3.37. The first-order valence-electron chi connectivity index (χ1n) is 10.0. The first kappa shape index (κ1) is 23.0. The van der Waals surface area contributed by atoms with Crippen molar-refractivity contribution in [3.63, 3.8) is 0 Å². The molecule has 0 saturated carbocycles. The van der Waals surface area contributed by atoms with Gasteiger partial charge >= 0.3 is 5.97 Å². The Morgan fingerprint density at radius 3 is 1.77 bits per heavy atom. The van der Waals surface area contributed by atoms with Gasteiger partial charge in [0.15, 0.2) is 7.14 Å². The lowest BCUT2D eigenvalue weighted by atomic mass is 10.1. The molecule has 3 aromatic carbocycles. The first-order valence-corrected chi connectivity index (χ1v) is 12.2. The van der Waals surface area contributed by atoms with Crippen molar-refractivity contribution in [3.8, 4) is 0 Å². The molecule has 0 aliphatic heterocycles. The van der Waals surface area contributed by atoms with Crippen LogP contribution in [0.5, 0.6) is 0 Å². The van der Waals surface area contributed by atoms with E-state index in [1.165, 1.54) is 0 Å². The van der Waals surface area contributed by atoms with E-state index in [1.807, 2.05) is 36.4 Å². The summed E-state index contributed by atoms with van der Waals surface area (Å²) in [5.41, 5.74) is -0.0760. The molecule has 0 aliphatic carbocycles. The monoisotopic (exact) mass is 454 g/mol. The molecule has 31 heavy (non-hydrogen) atoms. The number of rotatable bonds is 8. The third kappa shape index (κ3) is 5.33. The fourth-order valence-electron chi connectivity index (χ4n) is 3.49. The molecule has 160 valence electrons. The standard InChI is InChI=1S/C25H24ClO4P/c1-18(2)30-25(28)23(27)17-24(19-13-15-20(26)16-14-19)31(29,21-9-5-3-6-10-21)22-11-7-4-8-12-22/h3-16,18,24H,17H2,1-2H3. The molecule has 0 N–H and O–H groups in total. The maximum absolute atomic E-state index is 14.8. The van der Waals surface area contributed by atoms with Gasteiger partial charge < -0.3 is 9.30 Å². The van der Waals surface area contributed by atoms with Gasteiger partial charge in [0.25, 0.3) is 0 Å². The molecule has 0 aromatic heterocycles. The van der Waals surface area contributed by atoms with Crippen LogP contribution in [-0.4, -0.2) is 17.9 Å². The number of ether oxygens (including phenoxy) is 1. The smallest absolute Gasteiger partial charge is 0.374 e. The lowest BCUT2D eigenvalue weighted by Crippen LogP contribution is -2.27. The lowest BCUT2D eigenvalue weighted by Gasteiger charge is -2.29. The summed E-state index contributed by atoms with van der Waals surface area (Å²) >= 11 is 6.07. The zero-order valence-electron chi connectivity index (χ0n) is 17.4. The highest BCUT2D eigenvalue weighted by atomic mass is 35.5. The Morgan fingerprint density at radius 2 is 1.32 bits per heavy atom. The van der Waals surface area contributed by atoms with Crippen molar-refractivity contribution < 1.29 is 18.9 Å². The molecule has 3 rings (SSSR count). The number of halogens is 1. The highest BCUT2D eigenvalue weighted by Crippen LogP contribution is 2.58. The van der Waals surface area contributed by atoms with E-state index >= 15 is 0 Å². The van der Waals surface area contributed by atoms with Crippen molar-refractivity contribution in [2.75, 3.05) is 0 Å². The number of esters is 1. The van der Waals surface area contributed by atoms with Crippen molar-refractivity contribution >= 4 is 41.1 Å². The molecular formula is C25H24ClO4P. The van der Waals surface area contributed by atoms with E-state index < -0.39 is 30.7 Å². The summed E-state index contributed by atoms with van der Waals surface area (Å²) in [6.07, 6.45) is -0.658. The first-order chi connectivity index (χ1) is 14.8. The molecule has 0 spiro atoms. The number of benzene rings is 3. The summed E-state index contributed by atoms with van der Waals surface area (Å²) in [6, 6.07) is 25.1. The van der Waals surface area contributed by atoms with Crippen LogP contribution in [0.2, 0.25) is 5.02 Å². The molecule has 0 bridgehead atoms. The van der Waals surface area contributed by atoms with Crippen molar-refractivity contribution in [3.05, 3.63) is 95.5 Å². The van der Waals surface area contributed by atoms with E-state index in [4.69, 9.17) is 16.3 Å². The summed E-state index contributed by atoms with van der Waals surface area (Å²) in [5.74, 6) is -1.62. The molecule has 6 heteroatoms. The Labute approximate surface area is 187 Å². The van der Waals surface area contributed by atoms with Crippen molar-refractivity contribution in [2.45, 2.75) is 32.0 Å². The second-order valence-electron chi connectivity index (χ2n) is 7.48. The maximum Gasteiger partial charge on any atom is 0.374 e. The molecule has 1 unspecified atom stereocenters. The van der Waals surface area contributed by atoms with Crippen molar-refractivity contribution in [1.82, 2.24) is 0 Å². The van der Waals surface area contributed by atoms with Crippen LogP contribution in [0, 0.1) is 0 Å². The number of carbonyl (C=O) groups excluding carboxylic acids is 2. The number of ketones is 1. The highest BCUT2D eigenvalue weighted by Gasteiger charge is 2.40. The molecule has 0 amide bonds. The predicted molar refractivity (Wildman–Crippen MR) is 125 cm³/mol. The van der Waals surface area contributed by atoms with Crippen LogP contribution in [0.25, 0.3) is 0 Å². The number of hydrogen-bond donors (Lipinski definition) is 0. The molecule has 0 saturated heterocycles. The summed E-state index contributed by atoms with van der Waals surface area (Å²) in [6.45, 7) is 3.36. The van der Waals surface area contributed by atoms with Gasteiger partial charge in [-0.1, -0.05) is 84.4 Å². The SMILES string of the molecule is CC(C)OC(=O)C(=O)CC(c1ccc(Cl)cc1)P(=O)(c1ccccc1)c1ccccc1. The zero-order chi connectivity index (χ0) is 22.4. The Morgan fingerprint density at radius 1 is 0.839 bits per heavy atom. The molecule has 0 heterocycles. The Kier molecular flexibility index (Phi) is 7.48. The van der Waals surface area contributed by atoms with Gasteiger partial charge in [0.1, 0.15) is 0 Å². The lowest BCUT2D eigenvalue weighted by molar-refractivity contribution is -0.156. The molecule has 4 nitrogen and oxygen atoms in total. The van der Waals surface area contributed by atoms with Gasteiger partial charge in [-0.15, -0.1) is 0 Å². The van der Waals surface area contributed by atoms with Crippen LogP contribution in [0.1, 0.15) is 31.5 Å². The fourth-order valence-corrected chi connectivity index (χ4v) is 6.88. The van der Waals surface area contributed by atoms with Gasteiger partial charge in [-0.05, 0) is 31.5 Å². The topological polar surface area (TPSA) is 60.4 Å². The largest absolute Gasteiger partial charge is 0.457 e. The summed E-state index contributed by atoms with van der Waals surface area (Å²) in [5, 5.41) is 1.76. The second-order valence-corrected chi connectivity index (χ2v) is 10.9. The number of hydrogen-bond acceptors (Lipinski definition) is 4. The van der Waals surface area contributed by atoms with Gasteiger partial charge in [-0.25, -0.2) is 4.79 Å². The van der Waals surface area contributed by atoms with E-state index in [1.54, 1.807) is 62.4 Å². The van der Waals surface area contributed by atoms with E-state index in [0.29, 0.717) is 21.2 Å². The Bertz CT molecular complexity index is 1040. The third-order valence-electron chi connectivity index (χ3n) is 4.92. The molecule has 0 fully saturated rings. The number of Topliss-reactive ketones (excluding diaryl/α,β-unsaturated/α-hetero) is 1. The third-order valence-corrected chi connectivity index (χ3v) is 8.66. The van der Waals surface area contributed by atoms with Crippen LogP contribution in [-0.2, 0) is 18.9 Å². The quantitative estimate of drug-likeness (QED) is 0.263. The van der Waals surface area contributed by atoms with Gasteiger partial charge in [0.2, 0.25) is 5.78 Å². The van der Waals surface area contributed by atoms with Crippen molar-refractivity contribution in [2.24, 2.45) is 0 Å². The van der Waals surface area contributed by atoms with E-state index in [-0.39, 0.29) is 6.42 Å². The molecular weight excluding hydrogens is 431 g/mol. The van der Waals surface area contributed by atoms with Crippen LogP contribution in [0.3, 0.4) is 0 Å². The Hall–Kier alpha value is -2.68. The average molecular weight is 455 g/mol. The highest BCUT2D eigenvalue weighted by molar-refractivity contribution is 7.79. The maximum atomic E-state index is 14.8. The average Bonchev–Trinajstić information content (AvgIpc) is 2.78. The summed E-state index contributed by atoms with van der Waals surface area (Å²) in [4.78, 5) is 25.1. The van der Waals surface area contributed by atoms with Gasteiger partial charge in [0, 0.05) is 22.1 Å². The molecule has 0 radical (unpaired) electrons. The predicted octanol–water partition coefficient (Wildman–Crippen LogP) is 5.31. The van der Waals surface area contributed by atoms with E-state index in [0.717, 1.165) is 0 Å².